The molecule has 0 radical (unpaired) electrons. The largest absolute Gasteiger partial charge is 0.391 e. The van der Waals surface area contributed by atoms with Gasteiger partial charge in [-0.2, -0.15) is 0 Å². The molecule has 0 unspecified atom stereocenters. The van der Waals surface area contributed by atoms with Crippen molar-refractivity contribution in [3.05, 3.63) is 35.9 Å². The van der Waals surface area contributed by atoms with Gasteiger partial charge in [-0.05, 0) is 31.1 Å². The van der Waals surface area contributed by atoms with Gasteiger partial charge in [0.25, 0.3) is 0 Å². The third kappa shape index (κ3) is 1.30. The van der Waals surface area contributed by atoms with Gasteiger partial charge in [0.1, 0.15) is 11.8 Å². The average molecular weight is 241 g/mol. The Morgan fingerprint density at radius 2 is 1.94 bits per heavy atom. The van der Waals surface area contributed by atoms with Crippen LogP contribution >= 0.6 is 0 Å². The van der Waals surface area contributed by atoms with Crippen molar-refractivity contribution in [2.75, 3.05) is 0 Å². The van der Waals surface area contributed by atoms with Gasteiger partial charge < -0.3 is 4.84 Å². The van der Waals surface area contributed by atoms with Gasteiger partial charge in [-0.1, -0.05) is 35.5 Å². The summed E-state index contributed by atoms with van der Waals surface area (Å²) in [6, 6.07) is 9.41. The maximum atomic E-state index is 12.5. The van der Waals surface area contributed by atoms with Crippen LogP contribution in [0.2, 0.25) is 0 Å². The normalized spacial score (nSPS) is 36.1. The second-order valence-electron chi connectivity index (χ2n) is 5.60. The van der Waals surface area contributed by atoms with Crippen molar-refractivity contribution in [3.63, 3.8) is 0 Å². The summed E-state index contributed by atoms with van der Waals surface area (Å²) in [4.78, 5) is 18.0. The van der Waals surface area contributed by atoms with E-state index in [1.807, 2.05) is 30.3 Å². The molecule has 2 aliphatic carbocycles. The molecule has 92 valence electrons. The molecule has 3 heteroatoms. The van der Waals surface area contributed by atoms with Crippen LogP contribution in [-0.4, -0.2) is 17.6 Å². The van der Waals surface area contributed by atoms with Crippen LogP contribution in [0.25, 0.3) is 0 Å². The van der Waals surface area contributed by atoms with Crippen LogP contribution in [-0.2, 0) is 4.84 Å². The zero-order valence-corrected chi connectivity index (χ0v) is 10.1. The van der Waals surface area contributed by atoms with E-state index >= 15 is 0 Å². The third-order valence-electron chi connectivity index (χ3n) is 4.70. The second kappa shape index (κ2) is 3.67. The number of carbonyl (C=O) groups is 1. The lowest BCUT2D eigenvalue weighted by atomic mass is 9.81. The number of carbonyl (C=O) groups excluding carboxylic acids is 1. The number of hydrogen-bond donors (Lipinski definition) is 0. The fraction of sp³-hybridized carbons (Fsp3) is 0.467. The summed E-state index contributed by atoms with van der Waals surface area (Å²) in [5.41, 5.74) is 1.39. The summed E-state index contributed by atoms with van der Waals surface area (Å²) in [6.45, 7) is 0. The number of rotatable bonds is 2. The Balaban J connectivity index is 1.65. The Morgan fingerprint density at radius 1 is 1.17 bits per heavy atom. The molecule has 0 saturated heterocycles. The fourth-order valence-electron chi connectivity index (χ4n) is 3.88. The summed E-state index contributed by atoms with van der Waals surface area (Å²) in [5, 5.41) is 4.10. The highest BCUT2D eigenvalue weighted by molar-refractivity contribution is 6.47. The number of benzene rings is 1. The number of oxime groups is 1. The Labute approximate surface area is 106 Å². The molecule has 0 aromatic heterocycles. The monoisotopic (exact) mass is 241 g/mol. The van der Waals surface area contributed by atoms with Crippen molar-refractivity contribution in [2.45, 2.75) is 25.4 Å². The average Bonchev–Trinajstić information content (AvgIpc) is 3.11. The Bertz CT molecular complexity index is 523. The number of Topliss-reactive ketones (excluding diaryl/α,β-unsaturated/α-hetero) is 1. The van der Waals surface area contributed by atoms with Crippen molar-refractivity contribution in [1.82, 2.24) is 0 Å². The molecule has 0 spiro atoms. The van der Waals surface area contributed by atoms with Crippen LogP contribution in [0.4, 0.5) is 0 Å². The van der Waals surface area contributed by atoms with Crippen LogP contribution in [0.1, 0.15) is 29.6 Å². The van der Waals surface area contributed by atoms with E-state index in [1.165, 1.54) is 19.3 Å². The van der Waals surface area contributed by atoms with Gasteiger partial charge in [-0.3, -0.25) is 4.79 Å². The minimum Gasteiger partial charge on any atom is -0.391 e. The fourth-order valence-corrected chi connectivity index (χ4v) is 3.88. The van der Waals surface area contributed by atoms with Gasteiger partial charge in [0, 0.05) is 5.56 Å². The summed E-state index contributed by atoms with van der Waals surface area (Å²) >= 11 is 0. The number of ketones is 1. The van der Waals surface area contributed by atoms with Crippen LogP contribution in [0.3, 0.4) is 0 Å². The van der Waals surface area contributed by atoms with Crippen LogP contribution in [0.15, 0.2) is 35.5 Å². The van der Waals surface area contributed by atoms with Gasteiger partial charge >= 0.3 is 0 Å². The highest BCUT2D eigenvalue weighted by Gasteiger charge is 2.55. The van der Waals surface area contributed by atoms with Crippen molar-refractivity contribution in [2.24, 2.45) is 22.9 Å². The molecule has 0 amide bonds. The number of hydrogen-bond acceptors (Lipinski definition) is 3. The van der Waals surface area contributed by atoms with Crippen molar-refractivity contribution < 1.29 is 9.63 Å². The van der Waals surface area contributed by atoms with E-state index in [-0.39, 0.29) is 17.8 Å². The predicted octanol–water partition coefficient (Wildman–Crippen LogP) is 2.67. The predicted molar refractivity (Wildman–Crippen MR) is 67.4 cm³/mol. The molecule has 1 aliphatic heterocycles. The van der Waals surface area contributed by atoms with Gasteiger partial charge in [0.15, 0.2) is 0 Å². The Morgan fingerprint density at radius 3 is 2.78 bits per heavy atom. The van der Waals surface area contributed by atoms with E-state index in [4.69, 9.17) is 4.84 Å². The summed E-state index contributed by atoms with van der Waals surface area (Å²) in [7, 11) is 0. The molecule has 2 saturated carbocycles. The van der Waals surface area contributed by atoms with E-state index in [0.717, 1.165) is 5.56 Å². The van der Waals surface area contributed by atoms with Crippen molar-refractivity contribution in [1.29, 1.82) is 0 Å². The topological polar surface area (TPSA) is 38.7 Å². The molecule has 1 aromatic rings. The molecule has 2 fully saturated rings. The summed E-state index contributed by atoms with van der Waals surface area (Å²) < 4.78 is 0. The lowest BCUT2D eigenvalue weighted by molar-refractivity contribution is 0.0275. The maximum Gasteiger partial charge on any atom is 0.211 e. The molecule has 18 heavy (non-hydrogen) atoms. The zero-order chi connectivity index (χ0) is 12.1. The first-order valence-corrected chi connectivity index (χ1v) is 6.68. The lowest BCUT2D eigenvalue weighted by Gasteiger charge is -2.22. The van der Waals surface area contributed by atoms with Crippen LogP contribution < -0.4 is 0 Å². The van der Waals surface area contributed by atoms with E-state index in [9.17, 15) is 4.79 Å². The van der Waals surface area contributed by atoms with Gasteiger partial charge in [-0.25, -0.2) is 0 Å². The van der Waals surface area contributed by atoms with Gasteiger partial charge in [0.05, 0.1) is 5.92 Å². The maximum absolute atomic E-state index is 12.5. The molecular weight excluding hydrogens is 226 g/mol. The molecule has 3 aliphatic rings. The van der Waals surface area contributed by atoms with Crippen molar-refractivity contribution in [3.8, 4) is 0 Å². The van der Waals surface area contributed by atoms with E-state index in [0.29, 0.717) is 17.5 Å². The minimum absolute atomic E-state index is 0.0515. The SMILES string of the molecule is O=C(C1=NO[C@@H]2[C@H]3CC[C@@H](C3)[C@H]12)c1ccccc1. The summed E-state index contributed by atoms with van der Waals surface area (Å²) in [6.07, 6.45) is 3.88. The smallest absolute Gasteiger partial charge is 0.211 e. The molecule has 3 nitrogen and oxygen atoms in total. The molecule has 2 bridgehead atoms. The first-order valence-electron chi connectivity index (χ1n) is 6.68. The molecule has 4 rings (SSSR count). The van der Waals surface area contributed by atoms with Crippen molar-refractivity contribution >= 4 is 11.5 Å². The highest BCUT2D eigenvalue weighted by atomic mass is 16.6. The first kappa shape index (κ1) is 10.3. The van der Waals surface area contributed by atoms with Gasteiger partial charge in [0.2, 0.25) is 5.78 Å². The molecule has 1 heterocycles. The van der Waals surface area contributed by atoms with E-state index in [2.05, 4.69) is 5.16 Å². The molecule has 1 aromatic carbocycles. The second-order valence-corrected chi connectivity index (χ2v) is 5.60. The van der Waals surface area contributed by atoms with Crippen LogP contribution in [0.5, 0.6) is 0 Å². The Hall–Kier alpha value is -1.64. The lowest BCUT2D eigenvalue weighted by Crippen LogP contribution is -2.33. The summed E-state index contributed by atoms with van der Waals surface area (Å²) in [5.74, 6) is 1.56. The molecule has 0 N–H and O–H groups in total. The van der Waals surface area contributed by atoms with E-state index in [1.54, 1.807) is 0 Å². The quantitative estimate of drug-likeness (QED) is 0.747. The first-order chi connectivity index (χ1) is 8.84. The minimum atomic E-state index is 0.0515. The third-order valence-corrected chi connectivity index (χ3v) is 4.70. The Kier molecular flexibility index (Phi) is 2.10. The standard InChI is InChI=1S/C15H15NO2/c17-14(9-4-2-1-3-5-9)13-12-10-6-7-11(8-10)15(12)18-16-13/h1-5,10-12,15H,6-8H2/t10-,11-,12+,15+/m0/s1. The number of nitrogens with zero attached hydrogens (tertiary/aromatic N) is 1. The number of fused-ring (bicyclic) bond motifs is 5. The molecular formula is C15H15NO2. The molecule has 4 atom stereocenters. The van der Waals surface area contributed by atoms with Crippen LogP contribution in [0, 0.1) is 17.8 Å². The van der Waals surface area contributed by atoms with Gasteiger partial charge in [-0.15, -0.1) is 0 Å². The van der Waals surface area contributed by atoms with E-state index < -0.39 is 0 Å². The zero-order valence-electron chi connectivity index (χ0n) is 10.1. The highest BCUT2D eigenvalue weighted by Crippen LogP contribution is 2.52.